The third-order valence-electron chi connectivity index (χ3n) is 5.33. The molecule has 0 saturated heterocycles. The fourth-order valence-electron chi connectivity index (χ4n) is 3.68. The second-order valence-corrected chi connectivity index (χ2v) is 9.84. The van der Waals surface area contributed by atoms with Crippen molar-refractivity contribution in [3.63, 3.8) is 0 Å². The fourth-order valence-corrected chi connectivity index (χ4v) is 4.99. The summed E-state index contributed by atoms with van der Waals surface area (Å²) in [5.41, 5.74) is 2.49. The standard InChI is InChI=1S/C24H20FN5O4S/c25-17-5-7-19(8-6-17)35(32,33)14-2-10-26-23-27-11-9-20(28-23)22-21(16-3-1-4-18(31)15-16)29-24-30(22)12-13-34-24/h1,3-9,11-13,15,31H,2,10,14H2,(H,26,27,28). The van der Waals surface area contributed by atoms with E-state index in [4.69, 9.17) is 4.42 Å². The number of aromatic hydroxyl groups is 1. The molecule has 5 rings (SSSR count). The molecule has 0 aliphatic heterocycles. The van der Waals surface area contributed by atoms with Crippen LogP contribution < -0.4 is 5.32 Å². The lowest BCUT2D eigenvalue weighted by molar-refractivity contribution is 0.475. The first-order chi connectivity index (χ1) is 16.9. The van der Waals surface area contributed by atoms with Crippen molar-refractivity contribution < 1.29 is 22.3 Å². The summed E-state index contributed by atoms with van der Waals surface area (Å²) in [5, 5.41) is 13.0. The molecule has 9 nitrogen and oxygen atoms in total. The quantitative estimate of drug-likeness (QED) is 0.244. The third kappa shape index (κ3) is 4.71. The number of sulfone groups is 1. The van der Waals surface area contributed by atoms with E-state index < -0.39 is 15.7 Å². The van der Waals surface area contributed by atoms with Gasteiger partial charge in [-0.2, -0.15) is 4.98 Å². The van der Waals surface area contributed by atoms with Gasteiger partial charge in [-0.15, -0.1) is 0 Å². The van der Waals surface area contributed by atoms with Gasteiger partial charge in [0.1, 0.15) is 29.2 Å². The highest BCUT2D eigenvalue weighted by Crippen LogP contribution is 2.33. The van der Waals surface area contributed by atoms with Crippen LogP contribution in [0.5, 0.6) is 5.75 Å². The molecule has 2 N–H and O–H groups in total. The number of oxazole rings is 1. The van der Waals surface area contributed by atoms with E-state index in [1.54, 1.807) is 41.1 Å². The van der Waals surface area contributed by atoms with Crippen molar-refractivity contribution in [2.75, 3.05) is 17.6 Å². The Labute approximate surface area is 199 Å². The van der Waals surface area contributed by atoms with Crippen LogP contribution in [0.1, 0.15) is 6.42 Å². The van der Waals surface area contributed by atoms with Gasteiger partial charge in [-0.05, 0) is 48.9 Å². The zero-order valence-electron chi connectivity index (χ0n) is 18.3. The molecule has 0 spiro atoms. The number of phenolic OH excluding ortho intramolecular Hbond substituents is 1. The molecular formula is C24H20FN5O4S. The summed E-state index contributed by atoms with van der Waals surface area (Å²) in [7, 11) is -3.52. The molecule has 35 heavy (non-hydrogen) atoms. The number of hydrogen-bond donors (Lipinski definition) is 2. The maximum Gasteiger partial charge on any atom is 0.306 e. The molecule has 3 aromatic heterocycles. The van der Waals surface area contributed by atoms with Crippen LogP contribution in [-0.4, -0.2) is 45.2 Å². The van der Waals surface area contributed by atoms with Crippen molar-refractivity contribution >= 4 is 21.6 Å². The van der Waals surface area contributed by atoms with Crippen LogP contribution >= 0.6 is 0 Å². The van der Waals surface area contributed by atoms with Gasteiger partial charge in [0.05, 0.1) is 16.3 Å². The molecule has 5 aromatic rings. The van der Waals surface area contributed by atoms with Gasteiger partial charge in [-0.3, -0.25) is 4.40 Å². The van der Waals surface area contributed by atoms with Crippen molar-refractivity contribution in [3.05, 3.63) is 79.1 Å². The molecule has 0 aliphatic rings. The predicted octanol–water partition coefficient (Wildman–Crippen LogP) is 4.17. The molecular weight excluding hydrogens is 473 g/mol. The molecule has 0 unspecified atom stereocenters. The van der Waals surface area contributed by atoms with Crippen LogP contribution in [0, 0.1) is 5.82 Å². The lowest BCUT2D eigenvalue weighted by Crippen LogP contribution is -2.13. The monoisotopic (exact) mass is 493 g/mol. The van der Waals surface area contributed by atoms with Crippen LogP contribution in [0.15, 0.2) is 82.6 Å². The van der Waals surface area contributed by atoms with Crippen molar-refractivity contribution in [2.45, 2.75) is 11.3 Å². The average Bonchev–Trinajstić information content (AvgIpc) is 3.44. The second-order valence-electron chi connectivity index (χ2n) is 7.73. The van der Waals surface area contributed by atoms with Crippen LogP contribution in [-0.2, 0) is 9.84 Å². The highest BCUT2D eigenvalue weighted by Gasteiger charge is 2.20. The van der Waals surface area contributed by atoms with E-state index in [1.807, 2.05) is 6.07 Å². The number of nitrogens with one attached hydrogen (secondary N) is 1. The van der Waals surface area contributed by atoms with Gasteiger partial charge in [0.2, 0.25) is 5.95 Å². The Balaban J connectivity index is 1.34. The first kappa shape index (κ1) is 22.5. The zero-order valence-corrected chi connectivity index (χ0v) is 19.1. The number of phenols is 1. The molecule has 2 aromatic carbocycles. The third-order valence-corrected chi connectivity index (χ3v) is 7.14. The number of rotatable bonds is 8. The van der Waals surface area contributed by atoms with E-state index in [2.05, 4.69) is 20.3 Å². The number of fused-ring (bicyclic) bond motifs is 1. The Bertz CT molecular complexity index is 1600. The van der Waals surface area contributed by atoms with Crippen molar-refractivity contribution in [2.24, 2.45) is 0 Å². The predicted molar refractivity (Wildman–Crippen MR) is 127 cm³/mol. The Hall–Kier alpha value is -4.25. The molecule has 178 valence electrons. The number of hydrogen-bond acceptors (Lipinski definition) is 8. The van der Waals surface area contributed by atoms with E-state index in [1.165, 1.54) is 18.4 Å². The number of imidazole rings is 1. The maximum absolute atomic E-state index is 13.1. The second kappa shape index (κ2) is 9.18. The van der Waals surface area contributed by atoms with Gasteiger partial charge in [0.25, 0.3) is 0 Å². The van der Waals surface area contributed by atoms with E-state index in [9.17, 15) is 17.9 Å². The molecule has 0 bridgehead atoms. The first-order valence-corrected chi connectivity index (χ1v) is 12.4. The smallest absolute Gasteiger partial charge is 0.306 e. The normalized spacial score (nSPS) is 11.7. The summed E-state index contributed by atoms with van der Waals surface area (Å²) in [6, 6.07) is 13.2. The molecule has 0 aliphatic carbocycles. The van der Waals surface area contributed by atoms with Crippen LogP contribution in [0.4, 0.5) is 10.3 Å². The highest BCUT2D eigenvalue weighted by atomic mass is 32.2. The van der Waals surface area contributed by atoms with Gasteiger partial charge in [-0.25, -0.2) is 22.8 Å². The summed E-state index contributed by atoms with van der Waals surface area (Å²) >= 11 is 0. The minimum absolute atomic E-state index is 0.0847. The van der Waals surface area contributed by atoms with Gasteiger partial charge in [-0.1, -0.05) is 12.1 Å². The summed E-state index contributed by atoms with van der Waals surface area (Å²) in [4.78, 5) is 13.4. The van der Waals surface area contributed by atoms with E-state index in [0.29, 0.717) is 47.4 Å². The minimum atomic E-state index is -3.52. The Morgan fingerprint density at radius 3 is 2.71 bits per heavy atom. The van der Waals surface area contributed by atoms with Crippen LogP contribution in [0.25, 0.3) is 28.5 Å². The van der Waals surface area contributed by atoms with Gasteiger partial charge < -0.3 is 14.8 Å². The summed E-state index contributed by atoms with van der Waals surface area (Å²) in [6.45, 7) is 0.316. The average molecular weight is 494 g/mol. The van der Waals surface area contributed by atoms with Gasteiger partial charge >= 0.3 is 5.84 Å². The number of aromatic nitrogens is 4. The largest absolute Gasteiger partial charge is 0.508 e. The number of halogens is 1. The van der Waals surface area contributed by atoms with Gasteiger partial charge in [0, 0.05) is 24.5 Å². The van der Waals surface area contributed by atoms with Crippen LogP contribution in [0.2, 0.25) is 0 Å². The summed E-state index contributed by atoms with van der Waals surface area (Å²) in [6.07, 6.45) is 5.13. The lowest BCUT2D eigenvalue weighted by atomic mass is 10.1. The lowest BCUT2D eigenvalue weighted by Gasteiger charge is -2.08. The van der Waals surface area contributed by atoms with E-state index >= 15 is 0 Å². The SMILES string of the molecule is O=S(=O)(CCCNc1nccc(-c2c(-c3cccc(O)c3)nc3occn23)n1)c1ccc(F)cc1. The molecule has 0 fully saturated rings. The van der Waals surface area contributed by atoms with Crippen LogP contribution in [0.3, 0.4) is 0 Å². The molecule has 0 saturated carbocycles. The number of benzene rings is 2. The number of nitrogens with zero attached hydrogens (tertiary/aromatic N) is 4. The Kier molecular flexibility index (Phi) is 5.91. The van der Waals surface area contributed by atoms with Crippen molar-refractivity contribution in [3.8, 4) is 28.4 Å². The molecule has 0 radical (unpaired) electrons. The maximum atomic E-state index is 13.1. The Morgan fingerprint density at radius 2 is 1.91 bits per heavy atom. The number of anilines is 1. The summed E-state index contributed by atoms with van der Waals surface area (Å²) in [5.74, 6) is 0.213. The zero-order chi connectivity index (χ0) is 24.4. The first-order valence-electron chi connectivity index (χ1n) is 10.7. The van der Waals surface area contributed by atoms with E-state index in [-0.39, 0.29) is 16.4 Å². The van der Waals surface area contributed by atoms with Gasteiger partial charge in [0.15, 0.2) is 9.84 Å². The minimum Gasteiger partial charge on any atom is -0.508 e. The molecule has 0 atom stereocenters. The molecule has 3 heterocycles. The molecule has 11 heteroatoms. The van der Waals surface area contributed by atoms with Crippen molar-refractivity contribution in [1.82, 2.24) is 19.4 Å². The van der Waals surface area contributed by atoms with E-state index in [0.717, 1.165) is 12.1 Å². The topological polar surface area (TPSA) is 123 Å². The fraction of sp³-hybridized carbons (Fsp3) is 0.125. The Morgan fingerprint density at radius 1 is 1.09 bits per heavy atom. The van der Waals surface area contributed by atoms with Crippen molar-refractivity contribution in [1.29, 1.82) is 0 Å². The molecule has 0 amide bonds. The summed E-state index contributed by atoms with van der Waals surface area (Å²) < 4.78 is 45.2. The highest BCUT2D eigenvalue weighted by molar-refractivity contribution is 7.91.